The molecule has 0 rings (SSSR count). The molecule has 4 N–H and O–H groups in total. The molecule has 0 heterocycles. The zero-order valence-corrected chi connectivity index (χ0v) is 7.98. The van der Waals surface area contributed by atoms with E-state index in [1.807, 2.05) is 0 Å². The third-order valence-corrected chi connectivity index (χ3v) is 1.45. The van der Waals surface area contributed by atoms with E-state index in [4.69, 9.17) is 10.8 Å². The fourth-order valence-electron chi connectivity index (χ4n) is 0.663. The number of rotatable bonds is 4. The Morgan fingerprint density at radius 1 is 1.50 bits per heavy atom. The highest BCUT2D eigenvalue weighted by atomic mass is 16.4. The fourth-order valence-corrected chi connectivity index (χ4v) is 0.663. The number of carbonyl (C=O) groups excluding carboxylic acids is 2. The molecule has 0 spiro atoms. The Bertz CT molecular complexity index is 253. The van der Waals surface area contributed by atoms with E-state index in [2.05, 4.69) is 5.32 Å². The second kappa shape index (κ2) is 5.05. The number of carbonyl (C=O) groups is 3. The van der Waals surface area contributed by atoms with Gasteiger partial charge >= 0.3 is 12.0 Å². The van der Waals surface area contributed by atoms with E-state index >= 15 is 0 Å². The minimum atomic E-state index is -1.15. The summed E-state index contributed by atoms with van der Waals surface area (Å²) in [5.41, 5.74) is 4.84. The molecule has 3 amide bonds. The Balaban J connectivity index is 4.07. The molecule has 80 valence electrons. The summed E-state index contributed by atoms with van der Waals surface area (Å²) in [5.74, 6) is -1.81. The Morgan fingerprint density at radius 3 is 2.36 bits per heavy atom. The SMILES string of the molecule is CC(NC(=O)N(C)CC(N)=O)C(=O)O. The van der Waals surface area contributed by atoms with Gasteiger partial charge in [0.2, 0.25) is 5.91 Å². The van der Waals surface area contributed by atoms with Crippen molar-refractivity contribution in [2.45, 2.75) is 13.0 Å². The van der Waals surface area contributed by atoms with E-state index in [0.717, 1.165) is 4.90 Å². The second-order valence-electron chi connectivity index (χ2n) is 2.83. The predicted octanol–water partition coefficient (Wildman–Crippen LogP) is -1.41. The largest absolute Gasteiger partial charge is 0.480 e. The first-order valence-electron chi connectivity index (χ1n) is 3.87. The van der Waals surface area contributed by atoms with Crippen molar-refractivity contribution in [3.63, 3.8) is 0 Å². The van der Waals surface area contributed by atoms with Gasteiger partial charge in [-0.1, -0.05) is 0 Å². The average molecular weight is 203 g/mol. The zero-order chi connectivity index (χ0) is 11.3. The van der Waals surface area contributed by atoms with Crippen molar-refractivity contribution in [2.75, 3.05) is 13.6 Å². The summed E-state index contributed by atoms with van der Waals surface area (Å²) in [6.07, 6.45) is 0. The predicted molar refractivity (Wildman–Crippen MR) is 47.5 cm³/mol. The van der Waals surface area contributed by atoms with Crippen LogP contribution in [0.3, 0.4) is 0 Å². The molecule has 0 aromatic carbocycles. The van der Waals surface area contributed by atoms with Crippen LogP contribution in [0.4, 0.5) is 4.79 Å². The van der Waals surface area contributed by atoms with Gasteiger partial charge in [0.05, 0.1) is 0 Å². The number of hydrogen-bond donors (Lipinski definition) is 3. The lowest BCUT2D eigenvalue weighted by atomic mass is 10.3. The number of carboxylic acid groups (broad SMARTS) is 1. The number of likely N-dealkylation sites (N-methyl/N-ethyl adjacent to an activating group) is 1. The molecule has 0 aliphatic heterocycles. The van der Waals surface area contributed by atoms with Gasteiger partial charge in [-0.2, -0.15) is 0 Å². The summed E-state index contributed by atoms with van der Waals surface area (Å²) in [4.78, 5) is 32.9. The van der Waals surface area contributed by atoms with Crippen LogP contribution in [0.15, 0.2) is 0 Å². The Hall–Kier alpha value is -1.79. The minimum Gasteiger partial charge on any atom is -0.480 e. The molecule has 0 aliphatic carbocycles. The lowest BCUT2D eigenvalue weighted by Crippen LogP contribution is -2.47. The highest BCUT2D eigenvalue weighted by molar-refractivity contribution is 5.85. The lowest BCUT2D eigenvalue weighted by molar-refractivity contribution is -0.138. The number of nitrogens with one attached hydrogen (secondary N) is 1. The monoisotopic (exact) mass is 203 g/mol. The van der Waals surface area contributed by atoms with Crippen LogP contribution in [-0.2, 0) is 9.59 Å². The van der Waals surface area contributed by atoms with Crippen LogP contribution < -0.4 is 11.1 Å². The molecule has 0 aromatic rings. The molecular formula is C7H13N3O4. The maximum atomic E-state index is 11.1. The summed E-state index contributed by atoms with van der Waals surface area (Å²) < 4.78 is 0. The van der Waals surface area contributed by atoms with Gasteiger partial charge in [0.25, 0.3) is 0 Å². The van der Waals surface area contributed by atoms with Crippen LogP contribution in [0.1, 0.15) is 6.92 Å². The smallest absolute Gasteiger partial charge is 0.325 e. The maximum Gasteiger partial charge on any atom is 0.325 e. The molecule has 0 aliphatic rings. The highest BCUT2D eigenvalue weighted by Crippen LogP contribution is 1.87. The Morgan fingerprint density at radius 2 is 2.00 bits per heavy atom. The zero-order valence-electron chi connectivity index (χ0n) is 7.98. The Kier molecular flexibility index (Phi) is 4.41. The van der Waals surface area contributed by atoms with Crippen molar-refractivity contribution in [1.29, 1.82) is 0 Å². The molecule has 0 bridgehead atoms. The highest BCUT2D eigenvalue weighted by Gasteiger charge is 2.17. The van der Waals surface area contributed by atoms with Gasteiger partial charge < -0.3 is 21.1 Å². The number of aliphatic carboxylic acids is 1. The van der Waals surface area contributed by atoms with Crippen LogP contribution in [-0.4, -0.2) is 47.5 Å². The normalized spacial score (nSPS) is 11.6. The van der Waals surface area contributed by atoms with Gasteiger partial charge in [-0.15, -0.1) is 0 Å². The third-order valence-electron chi connectivity index (χ3n) is 1.45. The number of carboxylic acids is 1. The summed E-state index contributed by atoms with van der Waals surface area (Å²) in [6.45, 7) is 1.07. The Labute approximate surface area is 80.9 Å². The van der Waals surface area contributed by atoms with Gasteiger partial charge in [0.1, 0.15) is 12.6 Å². The molecule has 0 radical (unpaired) electrons. The molecule has 0 fully saturated rings. The van der Waals surface area contributed by atoms with Gasteiger partial charge in [0.15, 0.2) is 0 Å². The summed E-state index contributed by atoms with van der Waals surface area (Å²) >= 11 is 0. The molecule has 1 unspecified atom stereocenters. The van der Waals surface area contributed by atoms with Crippen LogP contribution >= 0.6 is 0 Å². The lowest BCUT2D eigenvalue weighted by Gasteiger charge is -2.17. The molecule has 1 atom stereocenters. The first-order valence-corrected chi connectivity index (χ1v) is 3.87. The molecule has 0 saturated heterocycles. The number of nitrogens with two attached hydrogens (primary N) is 1. The summed E-state index contributed by atoms with van der Waals surface area (Å²) in [7, 11) is 1.34. The topological polar surface area (TPSA) is 113 Å². The first kappa shape index (κ1) is 12.2. The summed E-state index contributed by atoms with van der Waals surface area (Å²) in [5, 5.41) is 10.6. The molecule has 0 aromatic heterocycles. The number of amides is 3. The quantitative estimate of drug-likeness (QED) is 0.520. The third kappa shape index (κ3) is 4.29. The molecule has 14 heavy (non-hydrogen) atoms. The maximum absolute atomic E-state index is 11.1. The standard InChI is InChI=1S/C7H13N3O4/c1-4(6(12)13)9-7(14)10(2)3-5(8)11/h4H,3H2,1-2H3,(H2,8,11)(H,9,14)(H,12,13). The molecular weight excluding hydrogens is 190 g/mol. The van der Waals surface area contributed by atoms with Crippen molar-refractivity contribution < 1.29 is 19.5 Å². The van der Waals surface area contributed by atoms with Crippen molar-refractivity contribution in [2.24, 2.45) is 5.73 Å². The molecule has 0 saturated carbocycles. The molecule has 7 nitrogen and oxygen atoms in total. The van der Waals surface area contributed by atoms with Crippen molar-refractivity contribution >= 4 is 17.9 Å². The van der Waals surface area contributed by atoms with E-state index in [9.17, 15) is 14.4 Å². The molecule has 7 heteroatoms. The van der Waals surface area contributed by atoms with E-state index in [-0.39, 0.29) is 6.54 Å². The van der Waals surface area contributed by atoms with E-state index < -0.39 is 23.9 Å². The van der Waals surface area contributed by atoms with Crippen LogP contribution in [0.2, 0.25) is 0 Å². The van der Waals surface area contributed by atoms with E-state index in [1.165, 1.54) is 14.0 Å². The number of urea groups is 1. The van der Waals surface area contributed by atoms with E-state index in [1.54, 1.807) is 0 Å². The van der Waals surface area contributed by atoms with Crippen molar-refractivity contribution in [1.82, 2.24) is 10.2 Å². The average Bonchev–Trinajstić information content (AvgIpc) is 2.02. The fraction of sp³-hybridized carbons (Fsp3) is 0.571. The van der Waals surface area contributed by atoms with Crippen LogP contribution in [0.5, 0.6) is 0 Å². The number of primary amides is 1. The van der Waals surface area contributed by atoms with Crippen LogP contribution in [0, 0.1) is 0 Å². The second-order valence-corrected chi connectivity index (χ2v) is 2.83. The first-order chi connectivity index (χ1) is 6.34. The van der Waals surface area contributed by atoms with Crippen molar-refractivity contribution in [3.05, 3.63) is 0 Å². The number of nitrogens with zero attached hydrogens (tertiary/aromatic N) is 1. The van der Waals surface area contributed by atoms with E-state index in [0.29, 0.717) is 0 Å². The summed E-state index contributed by atoms with van der Waals surface area (Å²) in [6, 6.07) is -1.66. The minimum absolute atomic E-state index is 0.252. The van der Waals surface area contributed by atoms with Gasteiger partial charge in [-0.3, -0.25) is 9.59 Å². The van der Waals surface area contributed by atoms with Gasteiger partial charge in [0, 0.05) is 7.05 Å². The van der Waals surface area contributed by atoms with Crippen molar-refractivity contribution in [3.8, 4) is 0 Å². The van der Waals surface area contributed by atoms with Gasteiger partial charge in [-0.05, 0) is 6.92 Å². The van der Waals surface area contributed by atoms with Gasteiger partial charge in [-0.25, -0.2) is 4.79 Å². The van der Waals surface area contributed by atoms with Crippen LogP contribution in [0.25, 0.3) is 0 Å². The number of hydrogen-bond acceptors (Lipinski definition) is 3.